The number of hydrogen-bond acceptors (Lipinski definition) is 3. The molecule has 0 rings (SSSR count). The molecule has 0 aromatic carbocycles. The monoisotopic (exact) mass is 624 g/mol. The zero-order valence-corrected chi connectivity index (χ0v) is 31.5. The largest absolute Gasteiger partial charge is 0.337 e. The molecule has 0 saturated carbocycles. The van der Waals surface area contributed by atoms with Gasteiger partial charge in [0.25, 0.3) is 0 Å². The first-order valence-electron chi connectivity index (χ1n) is 20.6. The molecule has 0 saturated heterocycles. The summed E-state index contributed by atoms with van der Waals surface area (Å²) in [5.74, 6) is -0.551. The molecule has 0 heterocycles. The zero-order chi connectivity index (χ0) is 32.2. The van der Waals surface area contributed by atoms with Crippen molar-refractivity contribution in [2.24, 2.45) is 0 Å². The average Bonchev–Trinajstić information content (AvgIpc) is 3.02. The SMILES string of the molecule is CCCCCCCCCCCCCCCCCCOC(CC)(OCCCCCCCCCCCCCCCCCC)N(C)C. The van der Waals surface area contributed by atoms with Crippen LogP contribution in [0.25, 0.3) is 0 Å². The van der Waals surface area contributed by atoms with Crippen LogP contribution < -0.4 is 0 Å². The van der Waals surface area contributed by atoms with Crippen LogP contribution in [0, 0.1) is 0 Å². The van der Waals surface area contributed by atoms with Crippen molar-refractivity contribution in [2.45, 2.75) is 239 Å². The molecule has 0 spiro atoms. The van der Waals surface area contributed by atoms with E-state index in [1.54, 1.807) is 0 Å². The zero-order valence-electron chi connectivity index (χ0n) is 31.5. The van der Waals surface area contributed by atoms with E-state index in [9.17, 15) is 0 Å². The molecule has 0 bridgehead atoms. The quantitative estimate of drug-likeness (QED) is 0.0504. The Hall–Kier alpha value is -0.120. The first-order chi connectivity index (χ1) is 21.6. The van der Waals surface area contributed by atoms with Gasteiger partial charge in [0.1, 0.15) is 0 Å². The maximum atomic E-state index is 6.39. The van der Waals surface area contributed by atoms with Crippen LogP contribution in [0.4, 0.5) is 0 Å². The molecule has 3 heteroatoms. The molecular formula is C41H85NO2. The Morgan fingerprint density at radius 2 is 0.523 bits per heavy atom. The molecular weight excluding hydrogens is 538 g/mol. The van der Waals surface area contributed by atoms with E-state index in [1.807, 2.05) is 0 Å². The number of ether oxygens (including phenoxy) is 2. The highest BCUT2D eigenvalue weighted by Gasteiger charge is 2.32. The van der Waals surface area contributed by atoms with Gasteiger partial charge < -0.3 is 9.47 Å². The molecule has 0 aliphatic heterocycles. The summed E-state index contributed by atoms with van der Waals surface area (Å²) in [5.41, 5.74) is 0. The predicted molar refractivity (Wildman–Crippen MR) is 198 cm³/mol. The van der Waals surface area contributed by atoms with E-state index in [0.29, 0.717) is 0 Å². The van der Waals surface area contributed by atoms with E-state index in [0.717, 1.165) is 32.5 Å². The molecule has 0 N–H and O–H groups in total. The number of rotatable bonds is 38. The summed E-state index contributed by atoms with van der Waals surface area (Å²) >= 11 is 0. The first-order valence-corrected chi connectivity index (χ1v) is 20.6. The second-order valence-electron chi connectivity index (χ2n) is 14.3. The van der Waals surface area contributed by atoms with E-state index < -0.39 is 5.91 Å². The molecule has 0 radical (unpaired) electrons. The second kappa shape index (κ2) is 35.7. The molecule has 0 amide bonds. The Bertz CT molecular complexity index is 485. The van der Waals surface area contributed by atoms with Gasteiger partial charge in [0.05, 0.1) is 13.2 Å². The fourth-order valence-corrected chi connectivity index (χ4v) is 6.58. The molecule has 0 aliphatic carbocycles. The highest BCUT2D eigenvalue weighted by atomic mass is 16.7. The predicted octanol–water partition coefficient (Wildman–Crippen LogP) is 14.2. The van der Waals surface area contributed by atoms with Gasteiger partial charge in [0.2, 0.25) is 5.91 Å². The summed E-state index contributed by atoms with van der Waals surface area (Å²) in [6, 6.07) is 0. The highest BCUT2D eigenvalue weighted by molar-refractivity contribution is 4.65. The lowest BCUT2D eigenvalue weighted by Gasteiger charge is -2.38. The third kappa shape index (κ3) is 29.3. The van der Waals surface area contributed by atoms with E-state index in [-0.39, 0.29) is 0 Å². The van der Waals surface area contributed by atoms with Crippen molar-refractivity contribution in [1.29, 1.82) is 0 Å². The molecule has 0 aliphatic rings. The van der Waals surface area contributed by atoms with Crippen molar-refractivity contribution in [2.75, 3.05) is 27.3 Å². The molecule has 0 fully saturated rings. The van der Waals surface area contributed by atoms with E-state index in [1.165, 1.54) is 193 Å². The third-order valence-electron chi connectivity index (χ3n) is 9.78. The Labute approximate surface area is 279 Å². The molecule has 266 valence electrons. The Morgan fingerprint density at radius 1 is 0.318 bits per heavy atom. The smallest absolute Gasteiger partial charge is 0.229 e. The van der Waals surface area contributed by atoms with Crippen LogP contribution in [0.2, 0.25) is 0 Å². The highest BCUT2D eigenvalue weighted by Crippen LogP contribution is 2.23. The maximum absolute atomic E-state index is 6.39. The van der Waals surface area contributed by atoms with Gasteiger partial charge in [-0.15, -0.1) is 0 Å². The molecule has 44 heavy (non-hydrogen) atoms. The van der Waals surface area contributed by atoms with Crippen molar-refractivity contribution in [3.05, 3.63) is 0 Å². The molecule has 0 aromatic heterocycles. The third-order valence-corrected chi connectivity index (χ3v) is 9.78. The van der Waals surface area contributed by atoms with E-state index in [4.69, 9.17) is 9.47 Å². The van der Waals surface area contributed by atoms with Crippen LogP contribution in [0.1, 0.15) is 233 Å². The summed E-state index contributed by atoms with van der Waals surface area (Å²) in [7, 11) is 4.20. The number of nitrogens with zero attached hydrogens (tertiary/aromatic N) is 1. The molecule has 0 aromatic rings. The van der Waals surface area contributed by atoms with Gasteiger partial charge in [-0.1, -0.05) is 213 Å². The van der Waals surface area contributed by atoms with Crippen LogP contribution >= 0.6 is 0 Å². The minimum absolute atomic E-state index is 0.551. The van der Waals surface area contributed by atoms with E-state index in [2.05, 4.69) is 39.8 Å². The summed E-state index contributed by atoms with van der Waals surface area (Å²) in [6.45, 7) is 8.42. The number of hydrogen-bond donors (Lipinski definition) is 0. The second-order valence-corrected chi connectivity index (χ2v) is 14.3. The first kappa shape index (κ1) is 43.9. The normalized spacial score (nSPS) is 12.1. The van der Waals surface area contributed by atoms with Crippen molar-refractivity contribution >= 4 is 0 Å². The van der Waals surface area contributed by atoms with Crippen molar-refractivity contribution < 1.29 is 9.47 Å². The van der Waals surface area contributed by atoms with Gasteiger partial charge in [-0.25, -0.2) is 0 Å². The van der Waals surface area contributed by atoms with Gasteiger partial charge in [-0.2, -0.15) is 0 Å². The summed E-state index contributed by atoms with van der Waals surface area (Å²) in [6.07, 6.45) is 45.8. The van der Waals surface area contributed by atoms with E-state index >= 15 is 0 Å². The van der Waals surface area contributed by atoms with Crippen LogP contribution in [0.5, 0.6) is 0 Å². The molecule has 0 atom stereocenters. The Kier molecular flexibility index (Phi) is 35.6. The van der Waals surface area contributed by atoms with Crippen LogP contribution in [0.15, 0.2) is 0 Å². The summed E-state index contributed by atoms with van der Waals surface area (Å²) in [5, 5.41) is 0. The van der Waals surface area contributed by atoms with Gasteiger partial charge in [-0.3, -0.25) is 4.90 Å². The lowest BCUT2D eigenvalue weighted by Crippen LogP contribution is -2.49. The van der Waals surface area contributed by atoms with Gasteiger partial charge >= 0.3 is 0 Å². The molecule has 3 nitrogen and oxygen atoms in total. The van der Waals surface area contributed by atoms with Crippen LogP contribution in [-0.4, -0.2) is 38.1 Å². The fraction of sp³-hybridized carbons (Fsp3) is 1.00. The average molecular weight is 624 g/mol. The fourth-order valence-electron chi connectivity index (χ4n) is 6.58. The lowest BCUT2D eigenvalue weighted by molar-refractivity contribution is -0.309. The van der Waals surface area contributed by atoms with Gasteiger partial charge in [0.15, 0.2) is 0 Å². The number of unbranched alkanes of at least 4 members (excludes halogenated alkanes) is 30. The standard InChI is InChI=1S/C41H85NO2/c1-6-9-11-13-15-17-19-21-23-25-27-29-31-33-35-37-39-43-41(8-3,42(4)5)44-40-38-36-34-32-30-28-26-24-22-20-18-16-14-12-10-7-2/h6-40H2,1-5H3. The Morgan fingerprint density at radius 3 is 0.705 bits per heavy atom. The van der Waals surface area contributed by atoms with Crippen molar-refractivity contribution in [1.82, 2.24) is 4.90 Å². The topological polar surface area (TPSA) is 21.7 Å². The van der Waals surface area contributed by atoms with Crippen molar-refractivity contribution in [3.63, 3.8) is 0 Å². The lowest BCUT2D eigenvalue weighted by atomic mass is 10.0. The van der Waals surface area contributed by atoms with Gasteiger partial charge in [-0.05, 0) is 26.9 Å². The minimum atomic E-state index is -0.551. The van der Waals surface area contributed by atoms with Crippen LogP contribution in [0.3, 0.4) is 0 Å². The van der Waals surface area contributed by atoms with Crippen molar-refractivity contribution in [3.8, 4) is 0 Å². The summed E-state index contributed by atoms with van der Waals surface area (Å²) < 4.78 is 12.8. The minimum Gasteiger partial charge on any atom is -0.337 e. The van der Waals surface area contributed by atoms with Gasteiger partial charge in [0, 0.05) is 6.42 Å². The Balaban J connectivity index is 3.61. The molecule has 0 unspecified atom stereocenters. The maximum Gasteiger partial charge on any atom is 0.229 e. The summed E-state index contributed by atoms with van der Waals surface area (Å²) in [4.78, 5) is 2.14. The van der Waals surface area contributed by atoms with Crippen LogP contribution in [-0.2, 0) is 9.47 Å².